The number of aromatic nitrogens is 3. The van der Waals surface area contributed by atoms with Gasteiger partial charge in [-0.25, -0.2) is 14.4 Å². The van der Waals surface area contributed by atoms with Gasteiger partial charge in [0.2, 0.25) is 11.8 Å². The van der Waals surface area contributed by atoms with E-state index in [9.17, 15) is 9.59 Å². The monoisotopic (exact) mass is 577 g/mol. The highest BCUT2D eigenvalue weighted by Crippen LogP contribution is 2.46. The highest BCUT2D eigenvalue weighted by molar-refractivity contribution is 5.94. The zero-order valence-electron chi connectivity index (χ0n) is 23.0. The van der Waals surface area contributed by atoms with Crippen LogP contribution in [0.4, 0.5) is 10.2 Å². The molecule has 0 spiro atoms. The van der Waals surface area contributed by atoms with Gasteiger partial charge in [0.1, 0.15) is 18.0 Å². The molecule has 3 saturated heterocycles. The normalized spacial score (nSPS) is 28.2. The first-order chi connectivity index (χ1) is 20.3. The van der Waals surface area contributed by atoms with Crippen molar-refractivity contribution >= 4 is 28.7 Å². The van der Waals surface area contributed by atoms with Crippen LogP contribution in [0.2, 0.25) is 0 Å². The Labute approximate surface area is 240 Å². The van der Waals surface area contributed by atoms with Gasteiger partial charge in [0, 0.05) is 23.7 Å². The summed E-state index contributed by atoms with van der Waals surface area (Å²) >= 11 is 0. The maximum Gasteiger partial charge on any atom is 0.263 e. The summed E-state index contributed by atoms with van der Waals surface area (Å²) in [5.74, 6) is 0.397. The van der Waals surface area contributed by atoms with E-state index < -0.39 is 18.0 Å². The summed E-state index contributed by atoms with van der Waals surface area (Å²) in [4.78, 5) is 36.7. The van der Waals surface area contributed by atoms with E-state index in [1.165, 1.54) is 6.20 Å². The van der Waals surface area contributed by atoms with Gasteiger partial charge in [0.05, 0.1) is 41.7 Å². The molecular weight excluding hydrogens is 545 g/mol. The van der Waals surface area contributed by atoms with Crippen LogP contribution in [0.15, 0.2) is 30.5 Å². The first-order valence-corrected chi connectivity index (χ1v) is 14.3. The molecule has 12 nitrogen and oxygen atoms in total. The lowest BCUT2D eigenvalue weighted by molar-refractivity contribution is -0.165. The number of nitrogens with two attached hydrogens (primary N) is 1. The number of aryl methyl sites for hydroxylation is 1. The fourth-order valence-electron chi connectivity index (χ4n) is 6.31. The molecule has 4 fully saturated rings. The Morgan fingerprint density at radius 3 is 2.76 bits per heavy atom. The number of ether oxygens (including phenoxy) is 3. The second-order valence-electron chi connectivity index (χ2n) is 11.6. The van der Waals surface area contributed by atoms with Crippen molar-refractivity contribution in [1.29, 1.82) is 0 Å². The van der Waals surface area contributed by atoms with Crippen molar-refractivity contribution in [2.24, 2.45) is 5.73 Å². The number of pyridine rings is 3. The van der Waals surface area contributed by atoms with Gasteiger partial charge >= 0.3 is 0 Å². The quantitative estimate of drug-likeness (QED) is 0.309. The molecule has 4 aliphatic heterocycles. The molecule has 2 atom stereocenters. The SMILES string of the molecule is N[C@@H]1C(=O)NC[C@@H]1Oc1ccc2ncc(F)c(CCC34CCC(NCc5ccc6c(n5)NC(=O)CO6)(CC3)CO4)c2n1. The van der Waals surface area contributed by atoms with Gasteiger partial charge in [-0.15, -0.1) is 0 Å². The van der Waals surface area contributed by atoms with Crippen LogP contribution in [0.1, 0.15) is 43.4 Å². The van der Waals surface area contributed by atoms with E-state index in [4.69, 9.17) is 19.9 Å². The number of fused-ring (bicyclic) bond motifs is 5. The first-order valence-electron chi connectivity index (χ1n) is 14.3. The maximum atomic E-state index is 15.1. The van der Waals surface area contributed by atoms with Crippen molar-refractivity contribution < 1.29 is 28.2 Å². The lowest BCUT2D eigenvalue weighted by Gasteiger charge is -2.53. The number of amides is 2. The molecule has 7 heterocycles. The number of carbonyl (C=O) groups is 2. The molecule has 1 saturated carbocycles. The third-order valence-corrected chi connectivity index (χ3v) is 8.97. The lowest BCUT2D eigenvalue weighted by atomic mass is 9.69. The van der Waals surface area contributed by atoms with Crippen LogP contribution in [-0.2, 0) is 27.3 Å². The molecule has 1 aliphatic carbocycles. The van der Waals surface area contributed by atoms with Gasteiger partial charge in [-0.3, -0.25) is 14.6 Å². The summed E-state index contributed by atoms with van der Waals surface area (Å²) in [5.41, 5.74) is 7.73. The lowest BCUT2D eigenvalue weighted by Crippen LogP contribution is -2.61. The third kappa shape index (κ3) is 5.01. The Morgan fingerprint density at radius 1 is 1.14 bits per heavy atom. The molecule has 0 aromatic carbocycles. The van der Waals surface area contributed by atoms with Crippen LogP contribution in [0, 0.1) is 5.82 Å². The smallest absolute Gasteiger partial charge is 0.263 e. The summed E-state index contributed by atoms with van der Waals surface area (Å²) in [6.45, 7) is 1.39. The molecule has 220 valence electrons. The first kappa shape index (κ1) is 26.9. The van der Waals surface area contributed by atoms with Crippen molar-refractivity contribution in [2.45, 2.75) is 68.4 Å². The van der Waals surface area contributed by atoms with Crippen LogP contribution >= 0.6 is 0 Å². The summed E-state index contributed by atoms with van der Waals surface area (Å²) < 4.78 is 32.8. The van der Waals surface area contributed by atoms with E-state index >= 15 is 4.39 Å². The Morgan fingerprint density at radius 2 is 2.00 bits per heavy atom. The molecule has 8 rings (SSSR count). The molecule has 13 heteroatoms. The summed E-state index contributed by atoms with van der Waals surface area (Å²) in [6.07, 6.45) is 5.36. The number of nitrogens with zero attached hydrogens (tertiary/aromatic N) is 3. The second kappa shape index (κ2) is 10.4. The molecule has 0 unspecified atom stereocenters. The number of rotatable bonds is 8. The van der Waals surface area contributed by atoms with E-state index in [1.54, 1.807) is 12.1 Å². The summed E-state index contributed by atoms with van der Waals surface area (Å²) in [7, 11) is 0. The van der Waals surface area contributed by atoms with E-state index in [1.807, 2.05) is 12.1 Å². The number of hydrogen-bond acceptors (Lipinski definition) is 10. The van der Waals surface area contributed by atoms with Gasteiger partial charge in [-0.2, -0.15) is 0 Å². The molecule has 0 radical (unpaired) electrons. The van der Waals surface area contributed by atoms with E-state index in [0.29, 0.717) is 60.7 Å². The minimum Gasteiger partial charge on any atom is -0.480 e. The molecule has 5 aliphatic rings. The zero-order valence-corrected chi connectivity index (χ0v) is 23.0. The standard InChI is InChI=1S/C29H32FN7O5/c30-18-12-32-19-2-4-23(42-21-13-33-27(39)24(21)31)37-25(19)17(18)5-6-29-9-7-28(8-10-29,15-41-29)34-11-16-1-3-20-26(35-16)36-22(38)14-40-20/h1-4,12,21,24,34H,5-11,13-15,31H2,(H,33,39)(H,35,36,38)/t21-,24-,28?,29?/m0/s1. The van der Waals surface area contributed by atoms with Crippen molar-refractivity contribution in [3.05, 3.63) is 47.5 Å². The van der Waals surface area contributed by atoms with Gasteiger partial charge in [0.25, 0.3) is 5.91 Å². The highest BCUT2D eigenvalue weighted by Gasteiger charge is 2.49. The fourth-order valence-corrected chi connectivity index (χ4v) is 6.31. The molecule has 2 amide bonds. The van der Waals surface area contributed by atoms with Gasteiger partial charge in [0.15, 0.2) is 18.2 Å². The van der Waals surface area contributed by atoms with Crippen molar-refractivity contribution in [3.8, 4) is 11.6 Å². The minimum atomic E-state index is -0.783. The van der Waals surface area contributed by atoms with Crippen LogP contribution in [-0.4, -0.2) is 69.8 Å². The molecule has 2 bridgehead atoms. The average Bonchev–Trinajstić information content (AvgIpc) is 3.32. The number of hydrogen-bond donors (Lipinski definition) is 4. The van der Waals surface area contributed by atoms with Crippen molar-refractivity contribution in [3.63, 3.8) is 0 Å². The maximum absolute atomic E-state index is 15.1. The molecule has 3 aromatic rings. The van der Waals surface area contributed by atoms with Crippen LogP contribution in [0.3, 0.4) is 0 Å². The fraction of sp³-hybridized carbons (Fsp3) is 0.483. The molecular formula is C29H32FN7O5. The predicted octanol–water partition coefficient (Wildman–Crippen LogP) is 1.50. The number of nitrogens with one attached hydrogen (secondary N) is 3. The average molecular weight is 578 g/mol. The van der Waals surface area contributed by atoms with Crippen molar-refractivity contribution in [2.75, 3.05) is 25.1 Å². The van der Waals surface area contributed by atoms with Gasteiger partial charge < -0.3 is 35.9 Å². The van der Waals surface area contributed by atoms with Crippen LogP contribution in [0.5, 0.6) is 11.6 Å². The molecule has 5 N–H and O–H groups in total. The van der Waals surface area contributed by atoms with E-state index in [-0.39, 0.29) is 35.4 Å². The predicted molar refractivity (Wildman–Crippen MR) is 148 cm³/mol. The van der Waals surface area contributed by atoms with Gasteiger partial charge in [-0.1, -0.05) is 0 Å². The summed E-state index contributed by atoms with van der Waals surface area (Å²) in [5, 5.41) is 9.08. The largest absolute Gasteiger partial charge is 0.480 e. The van der Waals surface area contributed by atoms with Crippen LogP contribution in [0.25, 0.3) is 11.0 Å². The minimum absolute atomic E-state index is 0.00114. The topological polar surface area (TPSA) is 163 Å². The number of halogens is 1. The Bertz CT molecular complexity index is 1540. The zero-order chi connectivity index (χ0) is 28.9. The van der Waals surface area contributed by atoms with Crippen molar-refractivity contribution in [1.82, 2.24) is 25.6 Å². The van der Waals surface area contributed by atoms with E-state index in [0.717, 1.165) is 31.4 Å². The summed E-state index contributed by atoms with van der Waals surface area (Å²) in [6, 6.07) is 6.34. The highest BCUT2D eigenvalue weighted by atomic mass is 19.1. The second-order valence-corrected chi connectivity index (χ2v) is 11.6. The number of carbonyl (C=O) groups excluding carboxylic acids is 2. The third-order valence-electron chi connectivity index (χ3n) is 8.97. The molecule has 42 heavy (non-hydrogen) atoms. The Balaban J connectivity index is 0.998. The Kier molecular flexibility index (Phi) is 6.67. The Hall–Kier alpha value is -3.94. The van der Waals surface area contributed by atoms with Gasteiger partial charge in [-0.05, 0) is 56.7 Å². The van der Waals surface area contributed by atoms with Crippen LogP contribution < -0.4 is 31.2 Å². The number of anilines is 1. The van der Waals surface area contributed by atoms with E-state index in [2.05, 4.69) is 30.9 Å². The molecule has 3 aromatic heterocycles.